The summed E-state index contributed by atoms with van der Waals surface area (Å²) in [6, 6.07) is 0. The van der Waals surface area contributed by atoms with E-state index in [0.29, 0.717) is 5.41 Å². The van der Waals surface area contributed by atoms with Crippen LogP contribution in [0.2, 0.25) is 0 Å². The summed E-state index contributed by atoms with van der Waals surface area (Å²) in [5.41, 5.74) is 2.12. The van der Waals surface area contributed by atoms with Gasteiger partial charge in [0.05, 0.1) is 0 Å². The Morgan fingerprint density at radius 3 is 2.54 bits per heavy atom. The number of allylic oxidation sites excluding steroid dienone is 3. The van der Waals surface area contributed by atoms with Crippen molar-refractivity contribution in [2.75, 3.05) is 0 Å². The fourth-order valence-electron chi connectivity index (χ4n) is 2.26. The van der Waals surface area contributed by atoms with Gasteiger partial charge in [0.25, 0.3) is 0 Å². The normalized spacial score (nSPS) is 21.8. The van der Waals surface area contributed by atoms with Crippen LogP contribution in [0.1, 0.15) is 52.4 Å². The van der Waals surface area contributed by atoms with Crippen LogP contribution < -0.4 is 0 Å². The summed E-state index contributed by atoms with van der Waals surface area (Å²) < 4.78 is 0. The van der Waals surface area contributed by atoms with Crippen molar-refractivity contribution in [1.82, 2.24) is 0 Å². The van der Waals surface area contributed by atoms with Crippen LogP contribution >= 0.6 is 0 Å². The Morgan fingerprint density at radius 1 is 1.38 bits per heavy atom. The third-order valence-corrected chi connectivity index (χ3v) is 3.34. The first-order chi connectivity index (χ1) is 6.16. The van der Waals surface area contributed by atoms with Crippen LogP contribution in [0.25, 0.3) is 0 Å². The zero-order valence-corrected chi connectivity index (χ0v) is 9.10. The molecular formula is C13H22. The molecule has 0 bridgehead atoms. The molecule has 0 aromatic rings. The van der Waals surface area contributed by atoms with Gasteiger partial charge in [-0.15, -0.1) is 0 Å². The molecule has 0 saturated heterocycles. The second kappa shape index (κ2) is 4.64. The predicted molar refractivity (Wildman–Crippen MR) is 59.8 cm³/mol. The minimum absolute atomic E-state index is 0.649. The Morgan fingerprint density at radius 2 is 2.00 bits per heavy atom. The van der Waals surface area contributed by atoms with Gasteiger partial charge in [0, 0.05) is 0 Å². The highest BCUT2D eigenvalue weighted by atomic mass is 14.3. The van der Waals surface area contributed by atoms with Gasteiger partial charge in [0.2, 0.25) is 0 Å². The molecule has 1 aliphatic carbocycles. The second-order valence-corrected chi connectivity index (χ2v) is 4.77. The lowest BCUT2D eigenvalue weighted by molar-refractivity contribution is 0.308. The van der Waals surface area contributed by atoms with Crippen molar-refractivity contribution in [2.45, 2.75) is 52.4 Å². The molecule has 0 heterocycles. The summed E-state index contributed by atoms with van der Waals surface area (Å²) in [6.45, 7) is 8.38. The molecule has 0 amide bonds. The van der Waals surface area contributed by atoms with Crippen LogP contribution in [-0.2, 0) is 0 Å². The van der Waals surface area contributed by atoms with Crippen molar-refractivity contribution in [1.29, 1.82) is 0 Å². The lowest BCUT2D eigenvalue weighted by atomic mass is 9.83. The van der Waals surface area contributed by atoms with Gasteiger partial charge >= 0.3 is 0 Å². The first-order valence-electron chi connectivity index (χ1n) is 5.44. The van der Waals surface area contributed by atoms with E-state index < -0.39 is 0 Å². The van der Waals surface area contributed by atoms with Gasteiger partial charge in [-0.1, -0.05) is 44.1 Å². The van der Waals surface area contributed by atoms with E-state index in [-0.39, 0.29) is 0 Å². The van der Waals surface area contributed by atoms with E-state index in [9.17, 15) is 0 Å². The molecule has 0 aromatic carbocycles. The minimum atomic E-state index is 0.649. The smallest absolute Gasteiger partial charge is 0.0315 e. The van der Waals surface area contributed by atoms with Crippen LogP contribution in [-0.4, -0.2) is 0 Å². The maximum Gasteiger partial charge on any atom is -0.0315 e. The minimum Gasteiger partial charge on any atom is -0.0991 e. The molecule has 1 fully saturated rings. The molecule has 0 aliphatic heterocycles. The van der Waals surface area contributed by atoms with Crippen LogP contribution in [0, 0.1) is 5.41 Å². The van der Waals surface area contributed by atoms with E-state index in [2.05, 4.69) is 26.5 Å². The molecule has 13 heavy (non-hydrogen) atoms. The first kappa shape index (κ1) is 10.6. The van der Waals surface area contributed by atoms with Gasteiger partial charge < -0.3 is 0 Å². The average molecular weight is 178 g/mol. The number of hydrogen-bond acceptors (Lipinski definition) is 0. The molecule has 0 spiro atoms. The van der Waals surface area contributed by atoms with Crippen LogP contribution in [0.15, 0.2) is 24.3 Å². The van der Waals surface area contributed by atoms with Crippen LogP contribution in [0.5, 0.6) is 0 Å². The van der Waals surface area contributed by atoms with Gasteiger partial charge in [-0.05, 0) is 38.0 Å². The zero-order valence-electron chi connectivity index (χ0n) is 9.10. The molecule has 74 valence electrons. The largest absolute Gasteiger partial charge is 0.0991 e. The van der Waals surface area contributed by atoms with Gasteiger partial charge in [0.1, 0.15) is 0 Å². The SMILES string of the molecule is C=C/C=C(/C)CCC1(C)CCCC1. The molecule has 0 aromatic heterocycles. The maximum atomic E-state index is 3.72. The standard InChI is InChI=1S/C13H22/c1-4-7-12(2)8-11-13(3)9-5-6-10-13/h4,7H,1,5-6,8-11H2,2-3H3/b12-7-. The summed E-state index contributed by atoms with van der Waals surface area (Å²) in [4.78, 5) is 0. The van der Waals surface area contributed by atoms with Gasteiger partial charge in [-0.25, -0.2) is 0 Å². The van der Waals surface area contributed by atoms with Crippen molar-refractivity contribution < 1.29 is 0 Å². The lowest BCUT2D eigenvalue weighted by Gasteiger charge is -2.23. The molecule has 0 atom stereocenters. The summed E-state index contributed by atoms with van der Waals surface area (Å²) in [5, 5.41) is 0. The highest BCUT2D eigenvalue weighted by Crippen LogP contribution is 2.41. The lowest BCUT2D eigenvalue weighted by Crippen LogP contribution is -2.10. The maximum absolute atomic E-state index is 3.72. The molecule has 0 nitrogen and oxygen atoms in total. The van der Waals surface area contributed by atoms with E-state index in [1.807, 2.05) is 6.08 Å². The number of rotatable bonds is 4. The van der Waals surface area contributed by atoms with E-state index in [4.69, 9.17) is 0 Å². The first-order valence-corrected chi connectivity index (χ1v) is 5.44. The van der Waals surface area contributed by atoms with Crippen molar-refractivity contribution in [3.63, 3.8) is 0 Å². The highest BCUT2D eigenvalue weighted by molar-refractivity contribution is 5.08. The molecule has 0 heteroatoms. The van der Waals surface area contributed by atoms with E-state index >= 15 is 0 Å². The van der Waals surface area contributed by atoms with Gasteiger partial charge in [0.15, 0.2) is 0 Å². The Balaban J connectivity index is 2.32. The van der Waals surface area contributed by atoms with E-state index in [1.165, 1.54) is 44.1 Å². The molecule has 1 saturated carbocycles. The second-order valence-electron chi connectivity index (χ2n) is 4.77. The number of hydrogen-bond donors (Lipinski definition) is 0. The zero-order chi connectivity index (χ0) is 9.73. The molecule has 0 radical (unpaired) electrons. The summed E-state index contributed by atoms with van der Waals surface area (Å²) in [6.07, 6.45) is 12.4. The predicted octanol–water partition coefficient (Wildman–Crippen LogP) is 4.48. The monoisotopic (exact) mass is 178 g/mol. The topological polar surface area (TPSA) is 0 Å². The van der Waals surface area contributed by atoms with E-state index in [1.54, 1.807) is 0 Å². The summed E-state index contributed by atoms with van der Waals surface area (Å²) in [5.74, 6) is 0. The van der Waals surface area contributed by atoms with Crippen molar-refractivity contribution >= 4 is 0 Å². The molecule has 0 N–H and O–H groups in total. The van der Waals surface area contributed by atoms with Gasteiger partial charge in [-0.3, -0.25) is 0 Å². The molecule has 1 aliphatic rings. The fraction of sp³-hybridized carbons (Fsp3) is 0.692. The van der Waals surface area contributed by atoms with Gasteiger partial charge in [-0.2, -0.15) is 0 Å². The fourth-order valence-corrected chi connectivity index (χ4v) is 2.26. The Bertz CT molecular complexity index is 192. The molecule has 0 unspecified atom stereocenters. The Labute approximate surface area is 82.7 Å². The van der Waals surface area contributed by atoms with Crippen molar-refractivity contribution in [3.8, 4) is 0 Å². The molecule has 1 rings (SSSR count). The van der Waals surface area contributed by atoms with Crippen LogP contribution in [0.3, 0.4) is 0 Å². The van der Waals surface area contributed by atoms with E-state index in [0.717, 1.165) is 0 Å². The third-order valence-electron chi connectivity index (χ3n) is 3.34. The summed E-state index contributed by atoms with van der Waals surface area (Å²) >= 11 is 0. The highest BCUT2D eigenvalue weighted by Gasteiger charge is 2.27. The van der Waals surface area contributed by atoms with Crippen LogP contribution in [0.4, 0.5) is 0 Å². The third kappa shape index (κ3) is 3.38. The van der Waals surface area contributed by atoms with Crippen molar-refractivity contribution in [3.05, 3.63) is 24.3 Å². The Kier molecular flexibility index (Phi) is 3.77. The average Bonchev–Trinajstić information content (AvgIpc) is 2.51. The Hall–Kier alpha value is -0.520. The molecular weight excluding hydrogens is 156 g/mol. The quantitative estimate of drug-likeness (QED) is 0.557. The summed E-state index contributed by atoms with van der Waals surface area (Å²) in [7, 11) is 0. The van der Waals surface area contributed by atoms with Crippen molar-refractivity contribution in [2.24, 2.45) is 5.41 Å².